The SMILES string of the molecule is COc1ccc2cnn(C)c2c1NSc1ccc(-n2nc(C)c(C)c2C)nc1. The zero-order chi connectivity index (χ0) is 19.8. The van der Waals surface area contributed by atoms with Gasteiger partial charge in [0, 0.05) is 29.2 Å². The van der Waals surface area contributed by atoms with E-state index < -0.39 is 0 Å². The maximum absolute atomic E-state index is 5.53. The minimum atomic E-state index is 0.770. The first kappa shape index (κ1) is 18.4. The van der Waals surface area contributed by atoms with Gasteiger partial charge >= 0.3 is 0 Å². The zero-order valence-electron chi connectivity index (χ0n) is 16.5. The summed E-state index contributed by atoms with van der Waals surface area (Å²) >= 11 is 1.48. The lowest BCUT2D eigenvalue weighted by Crippen LogP contribution is -2.02. The van der Waals surface area contributed by atoms with Gasteiger partial charge < -0.3 is 9.46 Å². The first-order valence-electron chi connectivity index (χ1n) is 8.90. The summed E-state index contributed by atoms with van der Waals surface area (Å²) in [5.74, 6) is 1.58. The van der Waals surface area contributed by atoms with E-state index in [0.29, 0.717) is 0 Å². The Morgan fingerprint density at radius 2 is 1.89 bits per heavy atom. The van der Waals surface area contributed by atoms with Crippen LogP contribution < -0.4 is 9.46 Å². The highest BCUT2D eigenvalue weighted by molar-refractivity contribution is 8.00. The summed E-state index contributed by atoms with van der Waals surface area (Å²) in [5.41, 5.74) is 5.21. The molecule has 0 unspecified atom stereocenters. The molecule has 1 aromatic carbocycles. The van der Waals surface area contributed by atoms with Crippen LogP contribution in [0.1, 0.15) is 17.0 Å². The summed E-state index contributed by atoms with van der Waals surface area (Å²) in [6.07, 6.45) is 3.69. The Kier molecular flexibility index (Phi) is 4.72. The molecule has 144 valence electrons. The standard InChI is InChI=1S/C20H22N6OS/c1-12-13(2)23-26(14(12)3)18-9-7-16(11-21-18)28-24-19-17(27-5)8-6-15-10-22-25(4)20(15)19/h6-11,24H,1-5H3. The predicted octanol–water partition coefficient (Wildman–Crippen LogP) is 4.21. The van der Waals surface area contributed by atoms with Crippen LogP contribution in [-0.4, -0.2) is 31.7 Å². The van der Waals surface area contributed by atoms with E-state index >= 15 is 0 Å². The largest absolute Gasteiger partial charge is 0.494 e. The van der Waals surface area contributed by atoms with Crippen molar-refractivity contribution < 1.29 is 4.74 Å². The number of hydrogen-bond acceptors (Lipinski definition) is 6. The summed E-state index contributed by atoms with van der Waals surface area (Å²) in [5, 5.41) is 9.96. The number of nitrogens with one attached hydrogen (secondary N) is 1. The molecule has 0 aliphatic rings. The Labute approximate surface area is 167 Å². The first-order chi connectivity index (χ1) is 13.5. The van der Waals surface area contributed by atoms with E-state index in [4.69, 9.17) is 4.74 Å². The van der Waals surface area contributed by atoms with Gasteiger partial charge in [0.05, 0.1) is 24.5 Å². The third kappa shape index (κ3) is 3.09. The van der Waals surface area contributed by atoms with Crippen LogP contribution in [0.5, 0.6) is 5.75 Å². The Bertz CT molecular complexity index is 1150. The van der Waals surface area contributed by atoms with Crippen LogP contribution in [0.2, 0.25) is 0 Å². The number of aromatic nitrogens is 5. The van der Waals surface area contributed by atoms with Gasteiger partial charge in [-0.25, -0.2) is 9.67 Å². The van der Waals surface area contributed by atoms with Gasteiger partial charge in [0.15, 0.2) is 5.82 Å². The second kappa shape index (κ2) is 7.20. The van der Waals surface area contributed by atoms with E-state index in [0.717, 1.165) is 44.4 Å². The molecule has 0 aliphatic carbocycles. The van der Waals surface area contributed by atoms with Crippen molar-refractivity contribution in [1.82, 2.24) is 24.5 Å². The maximum atomic E-state index is 5.53. The second-order valence-corrected chi connectivity index (χ2v) is 7.49. The molecule has 0 fully saturated rings. The zero-order valence-corrected chi connectivity index (χ0v) is 17.3. The fraction of sp³-hybridized carbons (Fsp3) is 0.250. The number of pyridine rings is 1. The summed E-state index contributed by atoms with van der Waals surface area (Å²) < 4.78 is 12.6. The monoisotopic (exact) mass is 394 g/mol. The number of aryl methyl sites for hydroxylation is 2. The molecule has 0 aliphatic heterocycles. The van der Waals surface area contributed by atoms with Crippen molar-refractivity contribution in [3.05, 3.63) is 53.6 Å². The molecule has 0 spiro atoms. The molecule has 0 atom stereocenters. The Balaban J connectivity index is 1.59. The van der Waals surface area contributed by atoms with Crippen molar-refractivity contribution in [3.8, 4) is 11.6 Å². The third-order valence-corrected chi connectivity index (χ3v) is 5.73. The summed E-state index contributed by atoms with van der Waals surface area (Å²) in [4.78, 5) is 5.57. The lowest BCUT2D eigenvalue weighted by atomic mass is 10.2. The predicted molar refractivity (Wildman–Crippen MR) is 112 cm³/mol. The van der Waals surface area contributed by atoms with E-state index in [1.54, 1.807) is 7.11 Å². The summed E-state index contributed by atoms with van der Waals surface area (Å²) in [6.45, 7) is 6.15. The van der Waals surface area contributed by atoms with Gasteiger partial charge in [-0.1, -0.05) is 0 Å². The topological polar surface area (TPSA) is 69.8 Å². The van der Waals surface area contributed by atoms with Crippen LogP contribution in [0, 0.1) is 20.8 Å². The number of methoxy groups -OCH3 is 1. The quantitative estimate of drug-likeness (QED) is 0.512. The average Bonchev–Trinajstić information content (AvgIpc) is 3.21. The van der Waals surface area contributed by atoms with Crippen LogP contribution in [0.3, 0.4) is 0 Å². The highest BCUT2D eigenvalue weighted by Crippen LogP contribution is 2.36. The molecule has 1 N–H and O–H groups in total. The van der Waals surface area contributed by atoms with E-state index in [2.05, 4.69) is 33.8 Å². The smallest absolute Gasteiger partial charge is 0.153 e. The van der Waals surface area contributed by atoms with Crippen LogP contribution in [0.4, 0.5) is 5.69 Å². The van der Waals surface area contributed by atoms with Crippen molar-refractivity contribution in [1.29, 1.82) is 0 Å². The number of anilines is 1. The van der Waals surface area contributed by atoms with E-state index in [9.17, 15) is 0 Å². The van der Waals surface area contributed by atoms with Gasteiger partial charge in [-0.3, -0.25) is 4.68 Å². The van der Waals surface area contributed by atoms with Crippen LogP contribution in [-0.2, 0) is 7.05 Å². The number of fused-ring (bicyclic) bond motifs is 1. The number of rotatable bonds is 5. The molecule has 0 saturated heterocycles. The maximum Gasteiger partial charge on any atom is 0.153 e. The molecule has 0 bridgehead atoms. The van der Waals surface area contributed by atoms with Crippen LogP contribution >= 0.6 is 11.9 Å². The molecule has 3 aromatic heterocycles. The van der Waals surface area contributed by atoms with E-state index in [1.165, 1.54) is 17.5 Å². The number of benzene rings is 1. The summed E-state index contributed by atoms with van der Waals surface area (Å²) in [7, 11) is 3.59. The number of nitrogens with zero attached hydrogens (tertiary/aromatic N) is 5. The molecule has 4 rings (SSSR count). The summed E-state index contributed by atoms with van der Waals surface area (Å²) in [6, 6.07) is 7.95. The minimum absolute atomic E-state index is 0.770. The lowest BCUT2D eigenvalue weighted by molar-refractivity contribution is 0.417. The van der Waals surface area contributed by atoms with Crippen molar-refractivity contribution in [2.24, 2.45) is 7.05 Å². The molecule has 4 aromatic rings. The molecule has 28 heavy (non-hydrogen) atoms. The molecule has 0 amide bonds. The molecular weight excluding hydrogens is 372 g/mol. The van der Waals surface area contributed by atoms with E-state index in [1.807, 2.05) is 60.0 Å². The Hall–Kier alpha value is -3.00. The number of ether oxygens (including phenoxy) is 1. The van der Waals surface area contributed by atoms with Gasteiger partial charge in [0.1, 0.15) is 11.4 Å². The normalized spacial score (nSPS) is 11.2. The molecule has 0 saturated carbocycles. The second-order valence-electron chi connectivity index (χ2n) is 6.61. The molecule has 3 heterocycles. The van der Waals surface area contributed by atoms with Gasteiger partial charge in [-0.15, -0.1) is 0 Å². The van der Waals surface area contributed by atoms with Crippen LogP contribution in [0.15, 0.2) is 41.6 Å². The van der Waals surface area contributed by atoms with Crippen molar-refractivity contribution in [2.75, 3.05) is 11.8 Å². The Morgan fingerprint density at radius 1 is 1.07 bits per heavy atom. The van der Waals surface area contributed by atoms with Crippen molar-refractivity contribution in [3.63, 3.8) is 0 Å². The Morgan fingerprint density at radius 3 is 2.54 bits per heavy atom. The van der Waals surface area contributed by atoms with E-state index in [-0.39, 0.29) is 0 Å². The minimum Gasteiger partial charge on any atom is -0.494 e. The first-order valence-corrected chi connectivity index (χ1v) is 9.72. The molecule has 8 heteroatoms. The third-order valence-electron chi connectivity index (χ3n) is 4.95. The van der Waals surface area contributed by atoms with Crippen molar-refractivity contribution in [2.45, 2.75) is 25.7 Å². The van der Waals surface area contributed by atoms with Gasteiger partial charge in [-0.05, 0) is 62.5 Å². The van der Waals surface area contributed by atoms with Gasteiger partial charge in [0.25, 0.3) is 0 Å². The van der Waals surface area contributed by atoms with Gasteiger partial charge in [0.2, 0.25) is 0 Å². The highest BCUT2D eigenvalue weighted by atomic mass is 32.2. The molecule has 0 radical (unpaired) electrons. The fourth-order valence-electron chi connectivity index (χ4n) is 3.13. The molecule has 7 nitrogen and oxygen atoms in total. The van der Waals surface area contributed by atoms with Gasteiger partial charge in [-0.2, -0.15) is 10.2 Å². The average molecular weight is 395 g/mol. The lowest BCUT2D eigenvalue weighted by Gasteiger charge is -2.12. The van der Waals surface area contributed by atoms with Crippen LogP contribution in [0.25, 0.3) is 16.7 Å². The van der Waals surface area contributed by atoms with Crippen molar-refractivity contribution >= 4 is 28.5 Å². The highest BCUT2D eigenvalue weighted by Gasteiger charge is 2.13. The molecular formula is C20H22N6OS. The number of hydrogen-bond donors (Lipinski definition) is 1. The fourth-order valence-corrected chi connectivity index (χ4v) is 3.79.